The third-order valence-corrected chi connectivity index (χ3v) is 2.43. The van der Waals surface area contributed by atoms with Crippen molar-refractivity contribution in [1.82, 2.24) is 0 Å². The number of ether oxygens (including phenoxy) is 3. The lowest BCUT2D eigenvalue weighted by Gasteiger charge is -2.09. The van der Waals surface area contributed by atoms with E-state index in [0.29, 0.717) is 18.1 Å². The molecule has 0 spiro atoms. The summed E-state index contributed by atoms with van der Waals surface area (Å²) in [6.07, 6.45) is 1.57. The third kappa shape index (κ3) is 4.63. The van der Waals surface area contributed by atoms with Crippen LogP contribution in [0.5, 0.6) is 11.5 Å². The van der Waals surface area contributed by atoms with Crippen molar-refractivity contribution in [3.8, 4) is 11.5 Å². The van der Waals surface area contributed by atoms with Crippen LogP contribution in [0.1, 0.15) is 12.0 Å². The fraction of sp³-hybridized carbons (Fsp3) is 0.462. The summed E-state index contributed by atoms with van der Waals surface area (Å²) in [5.41, 5.74) is 1.10. The first-order chi connectivity index (χ1) is 8.67. The van der Waals surface area contributed by atoms with Gasteiger partial charge in [0.1, 0.15) is 6.61 Å². The molecule has 0 saturated carbocycles. The number of rotatable bonds is 8. The highest BCUT2D eigenvalue weighted by Crippen LogP contribution is 2.27. The fourth-order valence-electron chi connectivity index (χ4n) is 1.57. The van der Waals surface area contributed by atoms with Gasteiger partial charge in [-0.1, -0.05) is 6.07 Å². The van der Waals surface area contributed by atoms with Crippen molar-refractivity contribution in [2.45, 2.75) is 12.8 Å². The molecule has 5 nitrogen and oxygen atoms in total. The van der Waals surface area contributed by atoms with Gasteiger partial charge in [0.25, 0.3) is 0 Å². The van der Waals surface area contributed by atoms with E-state index in [1.165, 1.54) is 0 Å². The number of hydrogen-bond donors (Lipinski definition) is 1. The zero-order valence-electron chi connectivity index (χ0n) is 10.6. The first-order valence-corrected chi connectivity index (χ1v) is 5.67. The molecule has 5 heteroatoms. The van der Waals surface area contributed by atoms with Crippen LogP contribution in [0.15, 0.2) is 18.2 Å². The van der Waals surface area contributed by atoms with Gasteiger partial charge in [0.05, 0.1) is 14.2 Å². The second-order valence-electron chi connectivity index (χ2n) is 3.74. The maximum absolute atomic E-state index is 10.2. The lowest BCUT2D eigenvalue weighted by atomic mass is 10.1. The quantitative estimate of drug-likeness (QED) is 0.716. The molecule has 100 valence electrons. The molecule has 0 saturated heterocycles. The van der Waals surface area contributed by atoms with Crippen molar-refractivity contribution >= 4 is 5.97 Å². The van der Waals surface area contributed by atoms with Crippen molar-refractivity contribution in [3.63, 3.8) is 0 Å². The van der Waals surface area contributed by atoms with Gasteiger partial charge in [-0.15, -0.1) is 0 Å². The van der Waals surface area contributed by atoms with E-state index in [1.54, 1.807) is 14.2 Å². The molecule has 1 rings (SSSR count). The normalized spacial score (nSPS) is 10.1. The molecule has 0 aliphatic heterocycles. The Morgan fingerprint density at radius 2 is 1.94 bits per heavy atom. The molecule has 18 heavy (non-hydrogen) atoms. The lowest BCUT2D eigenvalue weighted by molar-refractivity contribution is -0.142. The number of carboxylic acids is 1. The SMILES string of the molecule is COc1ccc(CCCOCC(=O)O)cc1OC. The maximum Gasteiger partial charge on any atom is 0.329 e. The number of aryl methyl sites for hydroxylation is 1. The highest BCUT2D eigenvalue weighted by atomic mass is 16.5. The lowest BCUT2D eigenvalue weighted by Crippen LogP contribution is -2.08. The molecule has 0 unspecified atom stereocenters. The van der Waals surface area contributed by atoms with Gasteiger partial charge in [0, 0.05) is 6.61 Å². The minimum Gasteiger partial charge on any atom is -0.493 e. The minimum absolute atomic E-state index is 0.244. The number of hydrogen-bond acceptors (Lipinski definition) is 4. The summed E-state index contributed by atoms with van der Waals surface area (Å²) in [6, 6.07) is 5.72. The molecule has 0 aromatic heterocycles. The number of aliphatic carboxylic acids is 1. The minimum atomic E-state index is -0.943. The van der Waals surface area contributed by atoms with Crippen LogP contribution >= 0.6 is 0 Å². The van der Waals surface area contributed by atoms with Gasteiger partial charge in [0.15, 0.2) is 11.5 Å². The monoisotopic (exact) mass is 254 g/mol. The molecular formula is C13H18O5. The van der Waals surface area contributed by atoms with E-state index in [1.807, 2.05) is 18.2 Å². The Kier molecular flexibility index (Phi) is 6.00. The van der Waals surface area contributed by atoms with E-state index in [0.717, 1.165) is 18.4 Å². The van der Waals surface area contributed by atoms with E-state index >= 15 is 0 Å². The van der Waals surface area contributed by atoms with Crippen LogP contribution in [0.3, 0.4) is 0 Å². The maximum atomic E-state index is 10.2. The van der Waals surface area contributed by atoms with Crippen LogP contribution in [0, 0.1) is 0 Å². The second-order valence-corrected chi connectivity index (χ2v) is 3.74. The third-order valence-electron chi connectivity index (χ3n) is 2.43. The fourth-order valence-corrected chi connectivity index (χ4v) is 1.57. The molecule has 1 aromatic rings. The zero-order chi connectivity index (χ0) is 13.4. The van der Waals surface area contributed by atoms with Crippen molar-refractivity contribution in [1.29, 1.82) is 0 Å². The zero-order valence-corrected chi connectivity index (χ0v) is 10.6. The molecule has 0 radical (unpaired) electrons. The Morgan fingerprint density at radius 1 is 1.22 bits per heavy atom. The van der Waals surface area contributed by atoms with Crippen molar-refractivity contribution in [2.75, 3.05) is 27.4 Å². The van der Waals surface area contributed by atoms with Crippen LogP contribution in [-0.4, -0.2) is 38.5 Å². The Bertz CT molecular complexity index is 389. The molecular weight excluding hydrogens is 236 g/mol. The van der Waals surface area contributed by atoms with E-state index in [9.17, 15) is 4.79 Å². The summed E-state index contributed by atoms with van der Waals surface area (Å²) < 4.78 is 15.3. The molecule has 0 bridgehead atoms. The molecule has 0 atom stereocenters. The average molecular weight is 254 g/mol. The van der Waals surface area contributed by atoms with E-state index in [-0.39, 0.29) is 6.61 Å². The summed E-state index contributed by atoms with van der Waals surface area (Å²) in [7, 11) is 3.19. The van der Waals surface area contributed by atoms with Gasteiger partial charge in [-0.25, -0.2) is 4.79 Å². The molecule has 1 aromatic carbocycles. The van der Waals surface area contributed by atoms with Gasteiger partial charge < -0.3 is 19.3 Å². The number of benzene rings is 1. The number of methoxy groups -OCH3 is 2. The van der Waals surface area contributed by atoms with Crippen LogP contribution in [0.25, 0.3) is 0 Å². The van der Waals surface area contributed by atoms with Crippen molar-refractivity contribution in [3.05, 3.63) is 23.8 Å². The molecule has 0 amide bonds. The second kappa shape index (κ2) is 7.55. The van der Waals surface area contributed by atoms with Crippen LogP contribution in [0.2, 0.25) is 0 Å². The highest BCUT2D eigenvalue weighted by Gasteiger charge is 2.04. The highest BCUT2D eigenvalue weighted by molar-refractivity contribution is 5.67. The predicted octanol–water partition coefficient (Wildman–Crippen LogP) is 1.74. The van der Waals surface area contributed by atoms with Crippen LogP contribution in [-0.2, 0) is 16.0 Å². The summed E-state index contributed by atoms with van der Waals surface area (Å²) in [5.74, 6) is 0.450. The molecule has 0 aliphatic rings. The van der Waals surface area contributed by atoms with Gasteiger partial charge in [-0.2, -0.15) is 0 Å². The summed E-state index contributed by atoms with van der Waals surface area (Å²) in [5, 5.41) is 8.40. The Morgan fingerprint density at radius 3 is 2.56 bits per heavy atom. The molecule has 0 fully saturated rings. The van der Waals surface area contributed by atoms with Gasteiger partial charge >= 0.3 is 5.97 Å². The van der Waals surface area contributed by atoms with Gasteiger partial charge in [-0.05, 0) is 30.5 Å². The van der Waals surface area contributed by atoms with Gasteiger partial charge in [-0.3, -0.25) is 0 Å². The largest absolute Gasteiger partial charge is 0.493 e. The number of carbonyl (C=O) groups is 1. The summed E-state index contributed by atoms with van der Waals surface area (Å²) in [6.45, 7) is 0.187. The van der Waals surface area contributed by atoms with Crippen LogP contribution < -0.4 is 9.47 Å². The van der Waals surface area contributed by atoms with Crippen molar-refractivity contribution < 1.29 is 24.1 Å². The van der Waals surface area contributed by atoms with E-state index in [4.69, 9.17) is 19.3 Å². The van der Waals surface area contributed by atoms with Crippen LogP contribution in [0.4, 0.5) is 0 Å². The molecule has 0 heterocycles. The van der Waals surface area contributed by atoms with Crippen molar-refractivity contribution in [2.24, 2.45) is 0 Å². The standard InChI is InChI=1S/C13H18O5/c1-16-11-6-5-10(8-12(11)17-2)4-3-7-18-9-13(14)15/h5-6,8H,3-4,7,9H2,1-2H3,(H,14,15). The van der Waals surface area contributed by atoms with E-state index in [2.05, 4.69) is 0 Å². The Hall–Kier alpha value is -1.75. The first kappa shape index (κ1) is 14.3. The number of carboxylic acid groups (broad SMARTS) is 1. The Balaban J connectivity index is 2.40. The summed E-state index contributed by atoms with van der Waals surface area (Å²) >= 11 is 0. The Labute approximate surface area is 106 Å². The predicted molar refractivity (Wildman–Crippen MR) is 66.3 cm³/mol. The molecule has 0 aliphatic carbocycles. The topological polar surface area (TPSA) is 65.0 Å². The van der Waals surface area contributed by atoms with Gasteiger partial charge in [0.2, 0.25) is 0 Å². The summed E-state index contributed by atoms with van der Waals surface area (Å²) in [4.78, 5) is 10.2. The average Bonchev–Trinajstić information content (AvgIpc) is 2.37. The smallest absolute Gasteiger partial charge is 0.329 e. The van der Waals surface area contributed by atoms with E-state index < -0.39 is 5.97 Å². The first-order valence-electron chi connectivity index (χ1n) is 5.67. The molecule has 1 N–H and O–H groups in total.